The van der Waals surface area contributed by atoms with E-state index in [2.05, 4.69) is 27.0 Å². The van der Waals surface area contributed by atoms with Crippen LogP contribution >= 0.6 is 0 Å². The molecule has 0 saturated heterocycles. The quantitative estimate of drug-likeness (QED) is 0.835. The summed E-state index contributed by atoms with van der Waals surface area (Å²) in [6, 6.07) is 3.29. The normalized spacial score (nSPS) is 11.0. The van der Waals surface area contributed by atoms with E-state index in [1.165, 1.54) is 17.3 Å². The maximum absolute atomic E-state index is 11.8. The van der Waals surface area contributed by atoms with Crippen LogP contribution in [0.2, 0.25) is 0 Å². The number of carbonyl (C=O) groups excluding carboxylic acids is 1. The van der Waals surface area contributed by atoms with Gasteiger partial charge < -0.3 is 5.32 Å². The van der Waals surface area contributed by atoms with E-state index in [1.807, 2.05) is 0 Å². The highest BCUT2D eigenvalue weighted by molar-refractivity contribution is 7.94. The molecule has 110 valence electrons. The molecule has 21 heavy (non-hydrogen) atoms. The molecular weight excluding hydrogens is 294 g/mol. The van der Waals surface area contributed by atoms with Crippen LogP contribution < -0.4 is 5.32 Å². The zero-order chi connectivity index (χ0) is 15.3. The van der Waals surface area contributed by atoms with Gasteiger partial charge in [-0.3, -0.25) is 4.79 Å². The summed E-state index contributed by atoms with van der Waals surface area (Å²) >= 11 is 0. The highest BCUT2D eigenvalue weighted by Crippen LogP contribution is 2.16. The van der Waals surface area contributed by atoms with Gasteiger partial charge in [0.15, 0.2) is 15.7 Å². The summed E-state index contributed by atoms with van der Waals surface area (Å²) < 4.78 is 24.0. The first kappa shape index (κ1) is 14.9. The molecule has 0 aliphatic rings. The maximum Gasteiger partial charge on any atom is 0.225 e. The molecule has 1 N–H and O–H groups in total. The van der Waals surface area contributed by atoms with Gasteiger partial charge in [0, 0.05) is 18.0 Å². The number of rotatable bonds is 6. The molecule has 0 unspecified atom stereocenters. The third-order valence-corrected chi connectivity index (χ3v) is 3.85. The molecule has 0 aliphatic heterocycles. The third kappa shape index (κ3) is 3.96. The average Bonchev–Trinajstić information content (AvgIpc) is 3.00. The molecular formula is C12H13N5O3S. The Morgan fingerprint density at radius 3 is 2.95 bits per heavy atom. The molecule has 0 aromatic carbocycles. The molecule has 0 spiro atoms. The second-order valence-corrected chi connectivity index (χ2v) is 6.11. The van der Waals surface area contributed by atoms with E-state index >= 15 is 0 Å². The highest BCUT2D eigenvalue weighted by atomic mass is 32.2. The molecule has 0 radical (unpaired) electrons. The lowest BCUT2D eigenvalue weighted by atomic mass is 10.3. The van der Waals surface area contributed by atoms with Crippen LogP contribution in [0.25, 0.3) is 5.82 Å². The maximum atomic E-state index is 11.8. The number of carbonyl (C=O) groups is 1. The van der Waals surface area contributed by atoms with Crippen LogP contribution in [0.1, 0.15) is 6.42 Å². The van der Waals surface area contributed by atoms with Gasteiger partial charge >= 0.3 is 0 Å². The Balaban J connectivity index is 2.10. The van der Waals surface area contributed by atoms with Crippen LogP contribution in [0.3, 0.4) is 0 Å². The smallest absolute Gasteiger partial charge is 0.225 e. The van der Waals surface area contributed by atoms with Gasteiger partial charge in [0.25, 0.3) is 0 Å². The van der Waals surface area contributed by atoms with Crippen LogP contribution in [0.15, 0.2) is 43.0 Å². The third-order valence-electron chi connectivity index (χ3n) is 2.56. The Morgan fingerprint density at radius 2 is 2.29 bits per heavy atom. The zero-order valence-electron chi connectivity index (χ0n) is 11.0. The topological polar surface area (TPSA) is 107 Å². The van der Waals surface area contributed by atoms with Crippen molar-refractivity contribution in [3.8, 4) is 5.82 Å². The van der Waals surface area contributed by atoms with Gasteiger partial charge in [0.05, 0.1) is 11.4 Å². The van der Waals surface area contributed by atoms with E-state index in [9.17, 15) is 13.2 Å². The number of hydrogen-bond acceptors (Lipinski definition) is 6. The molecule has 2 rings (SSSR count). The van der Waals surface area contributed by atoms with Gasteiger partial charge in [0.2, 0.25) is 5.91 Å². The summed E-state index contributed by atoms with van der Waals surface area (Å²) in [6.07, 6.45) is 4.17. The van der Waals surface area contributed by atoms with Gasteiger partial charge in [-0.2, -0.15) is 5.10 Å². The number of pyridine rings is 1. The number of anilines is 1. The molecule has 2 heterocycles. The molecule has 0 atom stereocenters. The molecule has 1 amide bonds. The highest BCUT2D eigenvalue weighted by Gasteiger charge is 2.13. The van der Waals surface area contributed by atoms with E-state index in [0.717, 1.165) is 5.41 Å². The Kier molecular flexibility index (Phi) is 4.43. The molecule has 8 nitrogen and oxygen atoms in total. The summed E-state index contributed by atoms with van der Waals surface area (Å²) in [5.41, 5.74) is 0.420. The number of nitrogens with one attached hydrogen (secondary N) is 1. The Hall–Kier alpha value is -2.55. The number of nitrogens with zero attached hydrogens (tertiary/aromatic N) is 4. The Morgan fingerprint density at radius 1 is 1.48 bits per heavy atom. The van der Waals surface area contributed by atoms with Crippen LogP contribution in [-0.4, -0.2) is 39.8 Å². The van der Waals surface area contributed by atoms with Crippen molar-refractivity contribution in [2.45, 2.75) is 6.42 Å². The fourth-order valence-electron chi connectivity index (χ4n) is 1.53. The molecule has 9 heteroatoms. The van der Waals surface area contributed by atoms with Gasteiger partial charge in [-0.25, -0.2) is 23.1 Å². The molecule has 2 aromatic rings. The van der Waals surface area contributed by atoms with Crippen molar-refractivity contribution in [3.63, 3.8) is 0 Å². The van der Waals surface area contributed by atoms with Crippen LogP contribution in [0.4, 0.5) is 5.69 Å². The first-order valence-corrected chi connectivity index (χ1v) is 7.68. The predicted octanol–water partition coefficient (Wildman–Crippen LogP) is 0.549. The van der Waals surface area contributed by atoms with E-state index in [0.29, 0.717) is 11.5 Å². The van der Waals surface area contributed by atoms with Gasteiger partial charge in [-0.05, 0) is 12.1 Å². The lowest BCUT2D eigenvalue weighted by molar-refractivity contribution is -0.115. The van der Waals surface area contributed by atoms with Gasteiger partial charge in [-0.1, -0.05) is 6.58 Å². The Bertz CT molecular complexity index is 740. The SMILES string of the molecule is C=CS(=O)(=O)CCC(=O)Nc1cccnc1-n1cncn1. The monoisotopic (exact) mass is 307 g/mol. The molecule has 0 fully saturated rings. The van der Waals surface area contributed by atoms with E-state index in [-0.39, 0.29) is 12.2 Å². The fraction of sp³-hybridized carbons (Fsp3) is 0.167. The first-order chi connectivity index (χ1) is 10.0. The Labute approximate surface area is 121 Å². The molecule has 2 aromatic heterocycles. The van der Waals surface area contributed by atoms with Crippen LogP contribution in [-0.2, 0) is 14.6 Å². The molecule has 0 saturated carbocycles. The number of amides is 1. The number of aromatic nitrogens is 4. The molecule has 0 bridgehead atoms. The van der Waals surface area contributed by atoms with Crippen molar-refractivity contribution in [1.29, 1.82) is 0 Å². The summed E-state index contributed by atoms with van der Waals surface area (Å²) in [5.74, 6) is -0.328. The minimum absolute atomic E-state index is 0.167. The number of sulfone groups is 1. The van der Waals surface area contributed by atoms with Crippen molar-refractivity contribution < 1.29 is 13.2 Å². The second kappa shape index (κ2) is 6.27. The predicted molar refractivity (Wildman–Crippen MR) is 76.4 cm³/mol. The summed E-state index contributed by atoms with van der Waals surface area (Å²) in [7, 11) is -3.40. The van der Waals surface area contributed by atoms with Crippen molar-refractivity contribution >= 4 is 21.4 Å². The van der Waals surface area contributed by atoms with Gasteiger partial charge in [0.1, 0.15) is 12.7 Å². The van der Waals surface area contributed by atoms with Gasteiger partial charge in [-0.15, -0.1) is 0 Å². The number of hydrogen-bond donors (Lipinski definition) is 1. The minimum atomic E-state index is -3.40. The summed E-state index contributed by atoms with van der Waals surface area (Å²) in [4.78, 5) is 19.7. The fourth-order valence-corrected chi connectivity index (χ4v) is 2.16. The van der Waals surface area contributed by atoms with Crippen LogP contribution in [0, 0.1) is 0 Å². The lowest BCUT2D eigenvalue weighted by Crippen LogP contribution is -2.17. The van der Waals surface area contributed by atoms with Crippen LogP contribution in [0.5, 0.6) is 0 Å². The van der Waals surface area contributed by atoms with E-state index in [4.69, 9.17) is 0 Å². The second-order valence-electron chi connectivity index (χ2n) is 4.05. The first-order valence-electron chi connectivity index (χ1n) is 5.97. The van der Waals surface area contributed by atoms with Crippen molar-refractivity contribution in [2.24, 2.45) is 0 Å². The minimum Gasteiger partial charge on any atom is -0.323 e. The summed E-state index contributed by atoms with van der Waals surface area (Å²) in [5, 5.41) is 7.38. The zero-order valence-corrected chi connectivity index (χ0v) is 11.8. The average molecular weight is 307 g/mol. The summed E-state index contributed by atoms with van der Waals surface area (Å²) in [6.45, 7) is 3.19. The van der Waals surface area contributed by atoms with E-state index in [1.54, 1.807) is 18.3 Å². The largest absolute Gasteiger partial charge is 0.323 e. The van der Waals surface area contributed by atoms with E-state index < -0.39 is 15.7 Å². The van der Waals surface area contributed by atoms with Crippen molar-refractivity contribution in [2.75, 3.05) is 11.1 Å². The van der Waals surface area contributed by atoms with Crippen molar-refractivity contribution in [3.05, 3.63) is 43.0 Å². The lowest BCUT2D eigenvalue weighted by Gasteiger charge is -2.09. The van der Waals surface area contributed by atoms with Crippen molar-refractivity contribution in [1.82, 2.24) is 19.7 Å². The standard InChI is InChI=1S/C12H13N5O3S/c1-2-21(19,20)7-5-11(18)16-10-4-3-6-14-12(10)17-9-13-8-15-17/h2-4,6,8-9H,1,5,7H2,(H,16,18). The molecule has 0 aliphatic carbocycles.